The summed E-state index contributed by atoms with van der Waals surface area (Å²) in [5.41, 5.74) is 4.85. The Morgan fingerprint density at radius 1 is 1.16 bits per heavy atom. The summed E-state index contributed by atoms with van der Waals surface area (Å²) >= 11 is 1.47. The fourth-order valence-electron chi connectivity index (χ4n) is 2.96. The first-order valence-corrected chi connectivity index (χ1v) is 9.11. The van der Waals surface area contributed by atoms with Gasteiger partial charge in [0.2, 0.25) is 0 Å². The Hall–Kier alpha value is -2.79. The van der Waals surface area contributed by atoms with Crippen LogP contribution in [0.5, 0.6) is 0 Å². The van der Waals surface area contributed by atoms with Gasteiger partial charge in [0, 0.05) is 11.8 Å². The van der Waals surface area contributed by atoms with Crippen LogP contribution in [0.2, 0.25) is 0 Å². The van der Waals surface area contributed by atoms with Crippen LogP contribution in [0.1, 0.15) is 34.6 Å². The molecule has 0 unspecified atom stereocenters. The molecule has 0 bridgehead atoms. The fraction of sp³-hybridized carbons (Fsp3) is 0.150. The highest BCUT2D eigenvalue weighted by Gasteiger charge is 2.18. The maximum absolute atomic E-state index is 12.5. The molecule has 0 aliphatic carbocycles. The first-order chi connectivity index (χ1) is 12.3. The molecule has 0 saturated heterocycles. The molecule has 2 aromatic heterocycles. The Labute approximate surface area is 149 Å². The highest BCUT2D eigenvalue weighted by atomic mass is 32.1. The van der Waals surface area contributed by atoms with Gasteiger partial charge in [-0.05, 0) is 35.9 Å². The second-order valence-corrected chi connectivity index (χ2v) is 6.83. The van der Waals surface area contributed by atoms with Crippen molar-refractivity contribution < 1.29 is 4.79 Å². The first-order valence-electron chi connectivity index (χ1n) is 8.24. The van der Waals surface area contributed by atoms with Crippen molar-refractivity contribution >= 4 is 28.9 Å². The van der Waals surface area contributed by atoms with Crippen LogP contribution in [0, 0.1) is 0 Å². The number of nitrogens with zero attached hydrogens (tertiary/aromatic N) is 2. The van der Waals surface area contributed by atoms with Crippen LogP contribution in [0.4, 0.5) is 0 Å². The summed E-state index contributed by atoms with van der Waals surface area (Å²) in [5.74, 6) is 0.115. The van der Waals surface area contributed by atoms with Gasteiger partial charge < -0.3 is 0 Å². The van der Waals surface area contributed by atoms with Crippen molar-refractivity contribution in [2.75, 3.05) is 0 Å². The average Bonchev–Trinajstić information content (AvgIpc) is 3.35. The normalized spacial score (nSPS) is 14.1. The van der Waals surface area contributed by atoms with Gasteiger partial charge in [-0.1, -0.05) is 36.4 Å². The number of H-pyrrole nitrogens is 1. The molecule has 0 radical (unpaired) electrons. The van der Waals surface area contributed by atoms with Crippen LogP contribution in [0.25, 0.3) is 16.8 Å². The highest BCUT2D eigenvalue weighted by Crippen LogP contribution is 2.31. The molecular weight excluding hydrogens is 330 g/mol. The Bertz CT molecular complexity index is 937. The minimum absolute atomic E-state index is 0.115. The quantitative estimate of drug-likeness (QED) is 0.661. The van der Waals surface area contributed by atoms with Gasteiger partial charge in [0.25, 0.3) is 0 Å². The molecule has 0 fully saturated rings. The number of hydrogen-bond donors (Lipinski definition) is 1. The summed E-state index contributed by atoms with van der Waals surface area (Å²) in [7, 11) is 0. The molecular formula is C20H17N3OS. The number of aromatic nitrogens is 2. The van der Waals surface area contributed by atoms with Crippen LogP contribution in [-0.2, 0) is 0 Å². The molecule has 0 spiro atoms. The Kier molecular flexibility index (Phi) is 4.39. The van der Waals surface area contributed by atoms with E-state index in [1.54, 1.807) is 0 Å². The molecule has 4 nitrogen and oxygen atoms in total. The van der Waals surface area contributed by atoms with Gasteiger partial charge in [-0.25, -0.2) is 0 Å². The van der Waals surface area contributed by atoms with Crippen LogP contribution in [0.15, 0.2) is 64.6 Å². The molecule has 1 aromatic carbocycles. The SMILES string of the molecule is O=C(CC1=C(c2cc(-c3ccccc3)n[nH]2)CCC=N1)c1cccs1. The smallest absolute Gasteiger partial charge is 0.178 e. The van der Waals surface area contributed by atoms with Crippen molar-refractivity contribution in [2.45, 2.75) is 19.3 Å². The number of allylic oxidation sites excluding steroid dienone is 2. The van der Waals surface area contributed by atoms with Gasteiger partial charge in [0.1, 0.15) is 0 Å². The zero-order valence-electron chi connectivity index (χ0n) is 13.6. The van der Waals surface area contributed by atoms with Gasteiger partial charge in [-0.3, -0.25) is 14.9 Å². The van der Waals surface area contributed by atoms with Gasteiger partial charge in [-0.15, -0.1) is 11.3 Å². The summed E-state index contributed by atoms with van der Waals surface area (Å²) < 4.78 is 0. The van der Waals surface area contributed by atoms with Crippen LogP contribution in [-0.4, -0.2) is 22.2 Å². The lowest BCUT2D eigenvalue weighted by atomic mass is 9.98. The molecule has 25 heavy (non-hydrogen) atoms. The Morgan fingerprint density at radius 2 is 2.04 bits per heavy atom. The summed E-state index contributed by atoms with van der Waals surface area (Å²) in [4.78, 5) is 17.7. The molecule has 0 atom stereocenters. The summed E-state index contributed by atoms with van der Waals surface area (Å²) in [6.07, 6.45) is 3.97. The van der Waals surface area contributed by atoms with Crippen molar-refractivity contribution in [3.05, 3.63) is 70.2 Å². The molecule has 0 saturated carbocycles. The molecule has 3 aromatic rings. The Balaban J connectivity index is 1.64. The predicted octanol–water partition coefficient (Wildman–Crippen LogP) is 4.99. The number of Topliss-reactive ketones (excluding diaryl/α,β-unsaturated/α-hetero) is 1. The molecule has 5 heteroatoms. The minimum Gasteiger partial charge on any atom is -0.293 e. The zero-order valence-corrected chi connectivity index (χ0v) is 14.4. The van der Waals surface area contributed by atoms with Crippen molar-refractivity contribution in [2.24, 2.45) is 4.99 Å². The molecule has 124 valence electrons. The summed E-state index contributed by atoms with van der Waals surface area (Å²) in [6, 6.07) is 15.9. The van der Waals surface area contributed by atoms with E-state index in [9.17, 15) is 4.79 Å². The molecule has 4 rings (SSSR count). The predicted molar refractivity (Wildman–Crippen MR) is 102 cm³/mol. The maximum Gasteiger partial charge on any atom is 0.178 e. The Morgan fingerprint density at radius 3 is 2.84 bits per heavy atom. The number of carbonyl (C=O) groups excluding carboxylic acids is 1. The van der Waals surface area contributed by atoms with E-state index in [1.165, 1.54) is 11.3 Å². The van der Waals surface area contributed by atoms with E-state index in [2.05, 4.69) is 15.2 Å². The summed E-state index contributed by atoms with van der Waals surface area (Å²) in [5, 5.41) is 9.48. The van der Waals surface area contributed by atoms with Crippen LogP contribution >= 0.6 is 11.3 Å². The van der Waals surface area contributed by atoms with Gasteiger partial charge >= 0.3 is 0 Å². The van der Waals surface area contributed by atoms with Gasteiger partial charge in [0.05, 0.1) is 28.4 Å². The van der Waals surface area contributed by atoms with E-state index < -0.39 is 0 Å². The largest absolute Gasteiger partial charge is 0.293 e. The zero-order chi connectivity index (χ0) is 17.1. The van der Waals surface area contributed by atoms with Gasteiger partial charge in [0.15, 0.2) is 5.78 Å². The number of hydrogen-bond acceptors (Lipinski definition) is 4. The second-order valence-electron chi connectivity index (χ2n) is 5.89. The third kappa shape index (κ3) is 3.37. The molecule has 1 aliphatic heterocycles. The highest BCUT2D eigenvalue weighted by molar-refractivity contribution is 7.12. The topological polar surface area (TPSA) is 58.1 Å². The first kappa shape index (κ1) is 15.7. The van der Waals surface area contributed by atoms with Gasteiger partial charge in [-0.2, -0.15) is 5.10 Å². The maximum atomic E-state index is 12.5. The van der Waals surface area contributed by atoms with E-state index in [1.807, 2.05) is 60.1 Å². The van der Waals surface area contributed by atoms with Crippen molar-refractivity contribution in [3.63, 3.8) is 0 Å². The number of carbonyl (C=O) groups is 1. The molecule has 1 N–H and O–H groups in total. The number of aromatic amines is 1. The summed E-state index contributed by atoms with van der Waals surface area (Å²) in [6.45, 7) is 0. The minimum atomic E-state index is 0.115. The lowest BCUT2D eigenvalue weighted by Gasteiger charge is -2.13. The third-order valence-electron chi connectivity index (χ3n) is 4.22. The standard InChI is InChI=1S/C20H17N3OS/c24-19(20-9-5-11-25-20)13-17-15(8-4-10-21-17)18-12-16(22-23-18)14-6-2-1-3-7-14/h1-3,5-7,9-12H,4,8,13H2,(H,22,23). The van der Waals surface area contributed by atoms with E-state index in [-0.39, 0.29) is 5.78 Å². The number of benzene rings is 1. The average molecular weight is 347 g/mol. The fourth-order valence-corrected chi connectivity index (χ4v) is 3.62. The van der Waals surface area contributed by atoms with Crippen molar-refractivity contribution in [3.8, 4) is 11.3 Å². The molecule has 3 heterocycles. The number of thiophene rings is 1. The number of nitrogens with one attached hydrogen (secondary N) is 1. The number of aliphatic imine (C=N–C) groups is 1. The van der Waals surface area contributed by atoms with E-state index in [0.29, 0.717) is 6.42 Å². The van der Waals surface area contributed by atoms with E-state index in [4.69, 9.17) is 0 Å². The molecule has 0 amide bonds. The van der Waals surface area contributed by atoms with Crippen molar-refractivity contribution in [1.82, 2.24) is 10.2 Å². The number of rotatable bonds is 5. The van der Waals surface area contributed by atoms with E-state index >= 15 is 0 Å². The second kappa shape index (κ2) is 6.99. The monoisotopic (exact) mass is 347 g/mol. The lowest BCUT2D eigenvalue weighted by Crippen LogP contribution is -2.04. The number of ketones is 1. The third-order valence-corrected chi connectivity index (χ3v) is 5.13. The van der Waals surface area contributed by atoms with E-state index in [0.717, 1.165) is 45.9 Å². The molecule has 1 aliphatic rings. The van der Waals surface area contributed by atoms with Crippen LogP contribution in [0.3, 0.4) is 0 Å². The van der Waals surface area contributed by atoms with Crippen molar-refractivity contribution in [1.29, 1.82) is 0 Å². The lowest BCUT2D eigenvalue weighted by molar-refractivity contribution is 0.0996. The van der Waals surface area contributed by atoms with Crippen LogP contribution < -0.4 is 0 Å².